The molecular formula is C50H62N6O4S2. The Morgan fingerprint density at radius 3 is 2.23 bits per heavy atom. The van der Waals surface area contributed by atoms with E-state index in [1.807, 2.05) is 43.0 Å². The number of methoxy groups -OCH3 is 1. The molecule has 12 heteroatoms. The van der Waals surface area contributed by atoms with Gasteiger partial charge in [-0.1, -0.05) is 86.3 Å². The number of benzene rings is 3. The molecule has 2 N–H and O–H groups in total. The Bertz CT molecular complexity index is 2250. The Hall–Kier alpha value is -4.33. The standard InChI is InChI=1S/C30H35N3O4S.C20H27N3S/c1-30(2)36-26-15-21(14-25(35-3)28(26)37-30)29(34)33(16-22-13-20-11-7-8-12-23(20)31-22)17-27-32-24(18-38-27)19-9-5-4-6-10-19;1-23-17(11-16-9-5-6-10-19(16)23)12-21-13-20-22-18(14-24-20)15-7-3-2-4-8-15/h4-6,9-10,14-15,18,20,22-23,31H,7-8,11-13,16-17H2,1-3H3;2-4,7-8,14,16-17,19,21H,5-6,9-13H2,1H3/t20-,22-,23-;16-,17-,19-/m00/s1. The van der Waals surface area contributed by atoms with E-state index in [0.29, 0.717) is 53.9 Å². The van der Waals surface area contributed by atoms with Crippen LogP contribution in [-0.4, -0.2) is 82.9 Å². The molecule has 5 heterocycles. The predicted molar refractivity (Wildman–Crippen MR) is 249 cm³/mol. The second-order valence-corrected chi connectivity index (χ2v) is 20.2. The summed E-state index contributed by atoms with van der Waals surface area (Å²) >= 11 is 3.36. The van der Waals surface area contributed by atoms with Gasteiger partial charge in [-0.25, -0.2) is 9.97 Å². The summed E-state index contributed by atoms with van der Waals surface area (Å²) < 4.78 is 17.5. The van der Waals surface area contributed by atoms with Gasteiger partial charge >= 0.3 is 0 Å². The van der Waals surface area contributed by atoms with Crippen LogP contribution < -0.4 is 24.8 Å². The van der Waals surface area contributed by atoms with Crippen molar-refractivity contribution in [3.63, 3.8) is 0 Å². The molecule has 0 bridgehead atoms. The lowest BCUT2D eigenvalue weighted by atomic mass is 9.85. The van der Waals surface area contributed by atoms with Crippen molar-refractivity contribution in [2.45, 2.75) is 121 Å². The second-order valence-electron chi connectivity index (χ2n) is 18.3. The highest BCUT2D eigenvalue weighted by molar-refractivity contribution is 7.10. The Labute approximate surface area is 375 Å². The third-order valence-corrected chi connectivity index (χ3v) is 15.3. The number of likely N-dealkylation sites (tertiary alicyclic amines) is 1. The largest absolute Gasteiger partial charge is 0.493 e. The van der Waals surface area contributed by atoms with Gasteiger partial charge < -0.3 is 29.7 Å². The van der Waals surface area contributed by atoms with Crippen molar-refractivity contribution in [3.05, 3.63) is 99.1 Å². The molecule has 10 nitrogen and oxygen atoms in total. The molecule has 328 valence electrons. The third kappa shape index (κ3) is 9.90. The number of nitrogens with zero attached hydrogens (tertiary/aromatic N) is 4. The van der Waals surface area contributed by atoms with Crippen LogP contribution in [-0.2, 0) is 13.1 Å². The van der Waals surface area contributed by atoms with Crippen molar-refractivity contribution in [1.29, 1.82) is 0 Å². The van der Waals surface area contributed by atoms with Crippen molar-refractivity contribution >= 4 is 28.6 Å². The highest BCUT2D eigenvalue weighted by atomic mass is 32.1. The van der Waals surface area contributed by atoms with E-state index in [4.69, 9.17) is 24.2 Å². The van der Waals surface area contributed by atoms with Gasteiger partial charge in [0, 0.05) is 85.1 Å². The summed E-state index contributed by atoms with van der Waals surface area (Å²) in [6.45, 7) is 6.75. The van der Waals surface area contributed by atoms with Gasteiger partial charge in [-0.3, -0.25) is 9.69 Å². The Morgan fingerprint density at radius 2 is 1.53 bits per heavy atom. The van der Waals surface area contributed by atoms with E-state index >= 15 is 0 Å². The maximum atomic E-state index is 14.1. The molecular weight excluding hydrogens is 813 g/mol. The first kappa shape index (κ1) is 42.9. The number of rotatable bonds is 12. The third-order valence-electron chi connectivity index (χ3n) is 13.6. The molecule has 62 heavy (non-hydrogen) atoms. The smallest absolute Gasteiger partial charge is 0.254 e. The summed E-state index contributed by atoms with van der Waals surface area (Å²) in [5.41, 5.74) is 4.85. The van der Waals surface area contributed by atoms with Gasteiger partial charge in [-0.05, 0) is 69.5 Å². The highest BCUT2D eigenvalue weighted by Crippen LogP contribution is 2.47. The summed E-state index contributed by atoms with van der Waals surface area (Å²) in [5.74, 6) is 2.35. The van der Waals surface area contributed by atoms with Crippen LogP contribution in [0.2, 0.25) is 0 Å². The Kier molecular flexibility index (Phi) is 13.3. The number of hydrogen-bond donors (Lipinski definition) is 2. The van der Waals surface area contributed by atoms with Crippen LogP contribution >= 0.6 is 22.7 Å². The number of amides is 1. The average molecular weight is 875 g/mol. The number of carbonyl (C=O) groups excluding carboxylic acids is 1. The quantitative estimate of drug-likeness (QED) is 0.127. The molecule has 0 radical (unpaired) electrons. The summed E-state index contributed by atoms with van der Waals surface area (Å²) in [7, 11) is 3.92. The number of nitrogens with one attached hydrogen (secondary N) is 2. The normalized spacial score (nSPS) is 24.8. The van der Waals surface area contributed by atoms with E-state index in [1.54, 1.807) is 41.9 Å². The van der Waals surface area contributed by atoms with Crippen LogP contribution in [0, 0.1) is 11.8 Å². The fourth-order valence-corrected chi connectivity index (χ4v) is 12.2. The van der Waals surface area contributed by atoms with Gasteiger partial charge in [0.25, 0.3) is 5.91 Å². The van der Waals surface area contributed by atoms with Crippen LogP contribution in [0.3, 0.4) is 0 Å². The number of hydrogen-bond acceptors (Lipinski definition) is 11. The fourth-order valence-electron chi connectivity index (χ4n) is 10.6. The summed E-state index contributed by atoms with van der Waals surface area (Å²) in [6, 6.07) is 26.5. The fraction of sp³-hybridized carbons (Fsp3) is 0.500. The zero-order valence-corrected chi connectivity index (χ0v) is 38.3. The second kappa shape index (κ2) is 19.2. The molecule has 3 aromatic carbocycles. The number of thiazole rings is 2. The van der Waals surface area contributed by atoms with Crippen molar-refractivity contribution in [1.82, 2.24) is 30.4 Å². The van der Waals surface area contributed by atoms with E-state index in [-0.39, 0.29) is 11.9 Å². The molecule has 6 atom stereocenters. The van der Waals surface area contributed by atoms with Gasteiger partial charge in [-0.2, -0.15) is 0 Å². The van der Waals surface area contributed by atoms with Crippen LogP contribution in [0.5, 0.6) is 17.2 Å². The van der Waals surface area contributed by atoms with Gasteiger partial charge in [0.05, 0.1) is 25.0 Å². The summed E-state index contributed by atoms with van der Waals surface area (Å²) in [4.78, 5) is 28.3. The first-order valence-electron chi connectivity index (χ1n) is 22.8. The molecule has 2 saturated heterocycles. The number of fused-ring (bicyclic) bond motifs is 3. The minimum Gasteiger partial charge on any atom is -0.493 e. The van der Waals surface area contributed by atoms with E-state index in [0.717, 1.165) is 53.4 Å². The molecule has 0 unspecified atom stereocenters. The maximum absolute atomic E-state index is 14.1. The van der Waals surface area contributed by atoms with Gasteiger partial charge in [0.1, 0.15) is 10.0 Å². The molecule has 5 aliphatic rings. The van der Waals surface area contributed by atoms with E-state index in [2.05, 4.69) is 69.7 Å². The van der Waals surface area contributed by atoms with E-state index < -0.39 is 5.79 Å². The van der Waals surface area contributed by atoms with Crippen LogP contribution in [0.1, 0.15) is 98.4 Å². The first-order valence-corrected chi connectivity index (χ1v) is 24.5. The lowest BCUT2D eigenvalue weighted by Gasteiger charge is -2.30. The van der Waals surface area contributed by atoms with Crippen molar-refractivity contribution in [3.8, 4) is 39.8 Å². The molecule has 3 aliphatic heterocycles. The maximum Gasteiger partial charge on any atom is 0.254 e. The first-order chi connectivity index (χ1) is 30.2. The molecule has 2 aliphatic carbocycles. The monoisotopic (exact) mass is 874 g/mol. The number of carbonyl (C=O) groups is 1. The molecule has 5 aromatic rings. The molecule has 2 aromatic heterocycles. The molecule has 2 saturated carbocycles. The molecule has 4 fully saturated rings. The summed E-state index contributed by atoms with van der Waals surface area (Å²) in [6.07, 6.45) is 13.3. The Morgan fingerprint density at radius 1 is 0.871 bits per heavy atom. The van der Waals surface area contributed by atoms with Crippen LogP contribution in [0.25, 0.3) is 22.5 Å². The molecule has 1 amide bonds. The van der Waals surface area contributed by atoms with Crippen molar-refractivity contribution in [2.24, 2.45) is 11.8 Å². The lowest BCUT2D eigenvalue weighted by Crippen LogP contribution is -2.42. The number of ether oxygens (including phenoxy) is 3. The lowest BCUT2D eigenvalue weighted by molar-refractivity contribution is -0.0439. The average Bonchev–Trinajstić information content (AvgIpc) is 4.14. The van der Waals surface area contributed by atoms with Gasteiger partial charge in [0.15, 0.2) is 11.5 Å². The van der Waals surface area contributed by atoms with Gasteiger partial charge in [-0.15, -0.1) is 22.7 Å². The SMILES string of the molecule is CN1[C@H](CNCc2nc(-c3ccccc3)cs2)C[C@@H]2CCCC[C@@H]21.COc1cc(C(=O)N(Cc2nc(-c3ccccc3)cs2)C[C@@H]2C[C@@H]3CCCC[C@@H]3N2)cc2c1OC(C)(C)O2. The Balaban J connectivity index is 0.000000175. The topological polar surface area (TPSA) is 101 Å². The van der Waals surface area contributed by atoms with Crippen LogP contribution in [0.15, 0.2) is 83.6 Å². The zero-order valence-electron chi connectivity index (χ0n) is 36.7. The van der Waals surface area contributed by atoms with Gasteiger partial charge in [0.2, 0.25) is 11.5 Å². The molecule has 0 spiro atoms. The number of likely N-dealkylation sites (N-methyl/N-ethyl adjacent to an activating group) is 1. The van der Waals surface area contributed by atoms with E-state index in [9.17, 15) is 4.79 Å². The minimum absolute atomic E-state index is 0.0625. The summed E-state index contributed by atoms with van der Waals surface area (Å²) in [5, 5.41) is 13.8. The zero-order chi connectivity index (χ0) is 42.6. The van der Waals surface area contributed by atoms with Crippen LogP contribution in [0.4, 0.5) is 0 Å². The predicted octanol–water partition coefficient (Wildman–Crippen LogP) is 10.1. The highest BCUT2D eigenvalue weighted by Gasteiger charge is 2.40. The van der Waals surface area contributed by atoms with Crippen molar-refractivity contribution < 1.29 is 19.0 Å². The van der Waals surface area contributed by atoms with E-state index in [1.165, 1.54) is 68.4 Å². The molecule has 10 rings (SSSR count). The van der Waals surface area contributed by atoms with Crippen molar-refractivity contribution in [2.75, 3.05) is 27.2 Å². The minimum atomic E-state index is -0.810. The number of aromatic nitrogens is 2.